The van der Waals surface area contributed by atoms with Gasteiger partial charge in [-0.2, -0.15) is 0 Å². The first-order valence-corrected chi connectivity index (χ1v) is 20.2. The molecule has 328 valence electrons. The molecule has 3 saturated heterocycles. The van der Waals surface area contributed by atoms with E-state index in [4.69, 9.17) is 38.3 Å². The van der Waals surface area contributed by atoms with E-state index in [0.29, 0.717) is 24.7 Å². The van der Waals surface area contributed by atoms with Crippen LogP contribution in [0, 0.1) is 28.1 Å². The molecule has 57 heavy (non-hydrogen) atoms. The largest absolute Gasteiger partial charge is 0.483 e. The lowest BCUT2D eigenvalue weighted by Crippen LogP contribution is -2.68. The second-order valence-electron chi connectivity index (χ2n) is 18.4. The average Bonchev–Trinajstić information content (AvgIpc) is 3.36. The zero-order chi connectivity index (χ0) is 41.8. The molecule has 0 radical (unpaired) electrons. The average molecular weight is 821 g/mol. The first kappa shape index (κ1) is 45.1. The molecule has 3 heterocycles. The number of aliphatic hydroxyl groups excluding tert-OH is 10. The zero-order valence-corrected chi connectivity index (χ0v) is 32.9. The van der Waals surface area contributed by atoms with Crippen molar-refractivity contribution in [3.63, 3.8) is 0 Å². The van der Waals surface area contributed by atoms with Crippen LogP contribution in [0.15, 0.2) is 12.2 Å². The monoisotopic (exact) mass is 820 g/mol. The van der Waals surface area contributed by atoms with Gasteiger partial charge in [0.15, 0.2) is 18.9 Å². The van der Waals surface area contributed by atoms with E-state index in [1.807, 2.05) is 0 Å². The second kappa shape index (κ2) is 17.1. The maximum Gasteiger partial charge on any atom is 0.290 e. The number of ether oxygens (including phenoxy) is 6. The third-order valence-electron chi connectivity index (χ3n) is 14.8. The lowest BCUT2D eigenvalue weighted by molar-refractivity contribution is -0.400. The van der Waals surface area contributed by atoms with Crippen LogP contribution in [0.1, 0.15) is 78.6 Å². The number of hydrogen-bond acceptors (Lipinski definition) is 17. The molecule has 15 unspecified atom stereocenters. The fourth-order valence-corrected chi connectivity index (χ4v) is 12.2. The van der Waals surface area contributed by atoms with Crippen molar-refractivity contribution in [2.75, 3.05) is 19.8 Å². The topological polar surface area (TPSA) is 295 Å². The smallest absolute Gasteiger partial charge is 0.290 e. The number of rotatable bonds is 9. The minimum absolute atomic E-state index is 0.0710. The van der Waals surface area contributed by atoms with Crippen LogP contribution < -0.4 is 0 Å². The Balaban J connectivity index is 0.00000177. The Hall–Kier alpha value is -1.43. The number of hydrogen-bond donors (Lipinski definition) is 11. The first-order valence-electron chi connectivity index (χ1n) is 20.2. The van der Waals surface area contributed by atoms with Crippen molar-refractivity contribution in [2.45, 2.75) is 176 Å². The standard InChI is InChI=1S/C38H62O16.CH2O2/c1-17-12-37-10-6-21-35(2,3)8-5-9-36(21,4)22(37)7-11-38(17,16-37)54-34-31(53-33-29(48)27(46)24(43)19(14-40)50-33)30(25(44)20(15-41)51-34)52-32-28(47)26(45)23(42)18(13-39)49-32;2-1-3/h18-34,39-48H,1,5-16H2,2-4H3;1H,(H,2,3)/t18?,19?,20?,21-,22+,23?,24?,25?,26?,27?,28?,29?,30?,31?,32?,33?,34?,36-,37-,38+;/m1./s1. The Kier molecular flexibility index (Phi) is 13.6. The highest BCUT2D eigenvalue weighted by molar-refractivity contribution is 5.32. The molecular formula is C39H64O18. The van der Waals surface area contributed by atoms with Gasteiger partial charge in [0.05, 0.1) is 25.4 Å². The highest BCUT2D eigenvalue weighted by Crippen LogP contribution is 2.73. The van der Waals surface area contributed by atoms with Crippen LogP contribution in [0.25, 0.3) is 0 Å². The van der Waals surface area contributed by atoms with Gasteiger partial charge < -0.3 is 84.6 Å². The quantitative estimate of drug-likeness (QED) is 0.0699. The van der Waals surface area contributed by atoms with Crippen molar-refractivity contribution in [1.82, 2.24) is 0 Å². The van der Waals surface area contributed by atoms with E-state index in [0.717, 1.165) is 31.3 Å². The molecule has 18 heteroatoms. The SMILES string of the molecule is C=C1C[C@@]23CC[C@@H]4C(C)(C)CCC[C@@]4(C)[C@@H]2CC[C@]1(OC1OC(CO)C(O)C(OC2OC(CO)C(O)C(O)C2O)C1OC1OC(CO)C(O)C(O)C1O)C3.O=CO. The molecule has 2 bridgehead atoms. The van der Waals surface area contributed by atoms with E-state index in [1.54, 1.807) is 0 Å². The Morgan fingerprint density at radius 2 is 1.16 bits per heavy atom. The van der Waals surface area contributed by atoms with Gasteiger partial charge in [-0.25, -0.2) is 0 Å². The summed E-state index contributed by atoms with van der Waals surface area (Å²) in [7, 11) is 0. The summed E-state index contributed by atoms with van der Waals surface area (Å²) in [4.78, 5) is 8.36. The maximum absolute atomic E-state index is 11.6. The molecule has 4 saturated carbocycles. The Morgan fingerprint density at radius 3 is 1.70 bits per heavy atom. The zero-order valence-electron chi connectivity index (χ0n) is 32.9. The lowest BCUT2D eigenvalue weighted by atomic mass is 9.41. The Labute approximate surface area is 331 Å². The van der Waals surface area contributed by atoms with Gasteiger partial charge in [0.25, 0.3) is 6.47 Å². The predicted molar refractivity (Wildman–Crippen MR) is 194 cm³/mol. The molecule has 1 spiro atoms. The first-order chi connectivity index (χ1) is 26.9. The van der Waals surface area contributed by atoms with Crippen LogP contribution >= 0.6 is 0 Å². The van der Waals surface area contributed by atoms with Gasteiger partial charge in [-0.3, -0.25) is 4.79 Å². The molecule has 0 amide bonds. The maximum atomic E-state index is 11.6. The predicted octanol–water partition coefficient (Wildman–Crippen LogP) is -1.74. The van der Waals surface area contributed by atoms with Gasteiger partial charge in [-0.1, -0.05) is 33.8 Å². The van der Waals surface area contributed by atoms with E-state index in [2.05, 4.69) is 27.4 Å². The summed E-state index contributed by atoms with van der Waals surface area (Å²) in [5.41, 5.74) is 0.301. The molecule has 7 rings (SSSR count). The Bertz CT molecular complexity index is 1400. The number of carboxylic acid groups (broad SMARTS) is 1. The summed E-state index contributed by atoms with van der Waals surface area (Å²) in [6.45, 7) is 9.38. The van der Waals surface area contributed by atoms with Gasteiger partial charge >= 0.3 is 0 Å². The highest BCUT2D eigenvalue weighted by atomic mass is 16.8. The van der Waals surface area contributed by atoms with Crippen LogP contribution in [-0.2, 0) is 33.2 Å². The molecule has 3 aliphatic heterocycles. The molecule has 0 aromatic carbocycles. The molecule has 4 aliphatic carbocycles. The summed E-state index contributed by atoms with van der Waals surface area (Å²) in [6.07, 6.45) is -16.1. The van der Waals surface area contributed by atoms with Gasteiger partial charge in [0, 0.05) is 0 Å². The van der Waals surface area contributed by atoms with E-state index in [-0.39, 0.29) is 22.7 Å². The number of aliphatic hydroxyl groups is 10. The van der Waals surface area contributed by atoms with Crippen LogP contribution in [0.3, 0.4) is 0 Å². The van der Waals surface area contributed by atoms with Gasteiger partial charge in [-0.15, -0.1) is 0 Å². The summed E-state index contributed by atoms with van der Waals surface area (Å²) in [5.74, 6) is 1.05. The van der Waals surface area contributed by atoms with Crippen LogP contribution in [0.2, 0.25) is 0 Å². The van der Waals surface area contributed by atoms with Crippen LogP contribution in [0.5, 0.6) is 0 Å². The highest BCUT2D eigenvalue weighted by Gasteiger charge is 2.68. The van der Waals surface area contributed by atoms with E-state index in [1.165, 1.54) is 19.3 Å². The van der Waals surface area contributed by atoms with E-state index in [9.17, 15) is 51.1 Å². The van der Waals surface area contributed by atoms with Crippen molar-refractivity contribution >= 4 is 6.47 Å². The van der Waals surface area contributed by atoms with Crippen molar-refractivity contribution in [3.8, 4) is 0 Å². The molecule has 7 fully saturated rings. The Morgan fingerprint density at radius 1 is 0.667 bits per heavy atom. The molecule has 18 nitrogen and oxygen atoms in total. The van der Waals surface area contributed by atoms with Gasteiger partial charge in [0.2, 0.25) is 0 Å². The molecule has 7 aliphatic rings. The number of carbonyl (C=O) groups is 1. The summed E-state index contributed by atoms with van der Waals surface area (Å²) < 4.78 is 36.9. The third kappa shape index (κ3) is 7.85. The van der Waals surface area contributed by atoms with Crippen LogP contribution in [-0.4, -0.2) is 180 Å². The molecule has 0 aromatic rings. The molecular weight excluding hydrogens is 756 g/mol. The molecule has 0 aromatic heterocycles. The van der Waals surface area contributed by atoms with Gasteiger partial charge in [0.1, 0.15) is 73.2 Å². The second-order valence-corrected chi connectivity index (χ2v) is 18.4. The summed E-state index contributed by atoms with van der Waals surface area (Å²) in [6, 6.07) is 0. The minimum Gasteiger partial charge on any atom is -0.483 e. The normalized spacial score (nSPS) is 51.9. The summed E-state index contributed by atoms with van der Waals surface area (Å²) in [5, 5.41) is 112. The van der Waals surface area contributed by atoms with Crippen molar-refractivity contribution in [2.24, 2.45) is 28.1 Å². The molecule has 11 N–H and O–H groups in total. The van der Waals surface area contributed by atoms with Crippen molar-refractivity contribution in [3.05, 3.63) is 12.2 Å². The van der Waals surface area contributed by atoms with E-state index >= 15 is 0 Å². The summed E-state index contributed by atoms with van der Waals surface area (Å²) >= 11 is 0. The number of fused-ring (bicyclic) bond motifs is 3. The molecule has 20 atom stereocenters. The fraction of sp³-hybridized carbons (Fsp3) is 0.923. The van der Waals surface area contributed by atoms with Crippen molar-refractivity contribution in [1.29, 1.82) is 0 Å². The third-order valence-corrected chi connectivity index (χ3v) is 14.8. The fourth-order valence-electron chi connectivity index (χ4n) is 12.2. The van der Waals surface area contributed by atoms with E-state index < -0.39 is 118 Å². The van der Waals surface area contributed by atoms with Gasteiger partial charge in [-0.05, 0) is 85.0 Å². The lowest BCUT2D eigenvalue weighted by Gasteiger charge is -2.64. The van der Waals surface area contributed by atoms with Crippen LogP contribution in [0.4, 0.5) is 0 Å². The minimum atomic E-state index is -1.87. The van der Waals surface area contributed by atoms with Crippen molar-refractivity contribution < 1.29 is 89.4 Å².